The Morgan fingerprint density at radius 1 is 1.38 bits per heavy atom. The van der Waals surface area contributed by atoms with Crippen molar-refractivity contribution in [3.8, 4) is 5.75 Å². The van der Waals surface area contributed by atoms with Gasteiger partial charge in [0.05, 0.1) is 6.20 Å². The minimum atomic E-state index is -0.480. The molecule has 1 unspecified atom stereocenters. The van der Waals surface area contributed by atoms with Crippen molar-refractivity contribution < 1.29 is 14.6 Å². The molecule has 1 aliphatic rings. The molecule has 0 aliphatic carbocycles. The first-order valence-corrected chi connectivity index (χ1v) is 7.16. The zero-order chi connectivity index (χ0) is 15.6. The highest BCUT2D eigenvalue weighted by atomic mass is 16.6. The molecule has 21 heavy (non-hydrogen) atoms. The maximum absolute atomic E-state index is 12.1. The summed E-state index contributed by atoms with van der Waals surface area (Å²) in [6.07, 6.45) is 1.16. The van der Waals surface area contributed by atoms with Gasteiger partial charge in [-0.05, 0) is 39.8 Å². The number of aromatic hydroxyl groups is 1. The molecular formula is C15H23N3O3. The van der Waals surface area contributed by atoms with Crippen molar-refractivity contribution >= 4 is 11.9 Å². The Balaban J connectivity index is 1.99. The Hall–Kier alpha value is -1.98. The molecule has 0 radical (unpaired) electrons. The highest BCUT2D eigenvalue weighted by Gasteiger charge is 2.31. The minimum absolute atomic E-state index is 0.0456. The van der Waals surface area contributed by atoms with Crippen LogP contribution in [-0.2, 0) is 4.74 Å². The van der Waals surface area contributed by atoms with Crippen molar-refractivity contribution in [1.82, 2.24) is 9.88 Å². The predicted molar refractivity (Wildman–Crippen MR) is 80.5 cm³/mol. The van der Waals surface area contributed by atoms with E-state index in [1.54, 1.807) is 17.0 Å². The molecule has 1 saturated heterocycles. The van der Waals surface area contributed by atoms with Crippen molar-refractivity contribution in [2.75, 3.05) is 24.5 Å². The van der Waals surface area contributed by atoms with Crippen molar-refractivity contribution in [2.24, 2.45) is 0 Å². The fraction of sp³-hybridized carbons (Fsp3) is 0.600. The predicted octanol–water partition coefficient (Wildman–Crippen LogP) is 2.23. The molecule has 1 aromatic rings. The monoisotopic (exact) mass is 293 g/mol. The van der Waals surface area contributed by atoms with E-state index in [-0.39, 0.29) is 17.9 Å². The van der Waals surface area contributed by atoms with E-state index >= 15 is 0 Å². The summed E-state index contributed by atoms with van der Waals surface area (Å²) in [7, 11) is 0. The highest BCUT2D eigenvalue weighted by molar-refractivity contribution is 5.69. The standard InChI is InChI=1S/C15H23N3O3/c1-11-10-17(13-6-5-12(19)9-16-13)7-8-18(11)14(20)21-15(2,3)4/h5-6,9,11,19H,7-8,10H2,1-4H3. The molecule has 0 spiro atoms. The number of aromatic nitrogens is 1. The van der Waals surface area contributed by atoms with Gasteiger partial charge in [0.1, 0.15) is 17.2 Å². The van der Waals surface area contributed by atoms with Gasteiger partial charge in [-0.1, -0.05) is 0 Å². The second-order valence-corrected chi connectivity index (χ2v) is 6.34. The minimum Gasteiger partial charge on any atom is -0.506 e. The third-order valence-electron chi connectivity index (χ3n) is 3.31. The molecule has 1 aliphatic heterocycles. The van der Waals surface area contributed by atoms with Crippen LogP contribution in [0, 0.1) is 0 Å². The second kappa shape index (κ2) is 5.79. The summed E-state index contributed by atoms with van der Waals surface area (Å²) < 4.78 is 5.42. The van der Waals surface area contributed by atoms with Crippen LogP contribution in [0.15, 0.2) is 18.3 Å². The lowest BCUT2D eigenvalue weighted by Crippen LogP contribution is -2.55. The van der Waals surface area contributed by atoms with Gasteiger partial charge in [0, 0.05) is 25.7 Å². The van der Waals surface area contributed by atoms with E-state index in [1.165, 1.54) is 6.20 Å². The van der Waals surface area contributed by atoms with Crippen LogP contribution in [-0.4, -0.2) is 52.4 Å². The molecule has 1 aromatic heterocycles. The molecule has 2 rings (SSSR count). The summed E-state index contributed by atoms with van der Waals surface area (Å²) in [5.74, 6) is 0.961. The van der Waals surface area contributed by atoms with Crippen LogP contribution in [0.1, 0.15) is 27.7 Å². The van der Waals surface area contributed by atoms with E-state index in [0.29, 0.717) is 19.6 Å². The second-order valence-electron chi connectivity index (χ2n) is 6.34. The van der Waals surface area contributed by atoms with Gasteiger partial charge in [-0.2, -0.15) is 0 Å². The molecule has 0 aromatic carbocycles. The average molecular weight is 293 g/mol. The molecule has 0 bridgehead atoms. The zero-order valence-electron chi connectivity index (χ0n) is 13.0. The lowest BCUT2D eigenvalue weighted by atomic mass is 10.2. The number of piperazine rings is 1. The number of carbonyl (C=O) groups excluding carboxylic acids is 1. The number of hydrogen-bond acceptors (Lipinski definition) is 5. The maximum Gasteiger partial charge on any atom is 0.410 e. The number of anilines is 1. The molecule has 1 fully saturated rings. The van der Waals surface area contributed by atoms with E-state index in [2.05, 4.69) is 9.88 Å². The number of carbonyl (C=O) groups is 1. The van der Waals surface area contributed by atoms with Crippen molar-refractivity contribution in [2.45, 2.75) is 39.3 Å². The summed E-state index contributed by atoms with van der Waals surface area (Å²) in [6.45, 7) is 9.58. The molecule has 0 saturated carbocycles. The Morgan fingerprint density at radius 2 is 2.10 bits per heavy atom. The van der Waals surface area contributed by atoms with Gasteiger partial charge >= 0.3 is 6.09 Å². The van der Waals surface area contributed by atoms with E-state index < -0.39 is 5.60 Å². The summed E-state index contributed by atoms with van der Waals surface area (Å²) in [5, 5.41) is 9.28. The molecule has 1 atom stereocenters. The molecule has 2 heterocycles. The third-order valence-corrected chi connectivity index (χ3v) is 3.31. The highest BCUT2D eigenvalue weighted by Crippen LogP contribution is 2.20. The topological polar surface area (TPSA) is 65.9 Å². The quantitative estimate of drug-likeness (QED) is 0.860. The molecular weight excluding hydrogens is 270 g/mol. The number of amides is 1. The van der Waals surface area contributed by atoms with E-state index in [1.807, 2.05) is 27.7 Å². The largest absolute Gasteiger partial charge is 0.506 e. The molecule has 1 N–H and O–H groups in total. The number of rotatable bonds is 1. The van der Waals surface area contributed by atoms with Crippen molar-refractivity contribution in [1.29, 1.82) is 0 Å². The lowest BCUT2D eigenvalue weighted by molar-refractivity contribution is 0.0158. The van der Waals surface area contributed by atoms with Crippen molar-refractivity contribution in [3.05, 3.63) is 18.3 Å². The lowest BCUT2D eigenvalue weighted by Gasteiger charge is -2.40. The molecule has 6 heteroatoms. The van der Waals surface area contributed by atoms with E-state index in [9.17, 15) is 9.90 Å². The fourth-order valence-corrected chi connectivity index (χ4v) is 2.32. The first-order valence-electron chi connectivity index (χ1n) is 7.16. The van der Waals surface area contributed by atoms with Gasteiger partial charge in [-0.15, -0.1) is 0 Å². The fourth-order valence-electron chi connectivity index (χ4n) is 2.32. The summed E-state index contributed by atoms with van der Waals surface area (Å²) in [6, 6.07) is 3.45. The summed E-state index contributed by atoms with van der Waals surface area (Å²) >= 11 is 0. The molecule has 6 nitrogen and oxygen atoms in total. The normalized spacial score (nSPS) is 19.5. The van der Waals surface area contributed by atoms with Crippen LogP contribution < -0.4 is 4.90 Å². The van der Waals surface area contributed by atoms with Gasteiger partial charge < -0.3 is 19.6 Å². The number of nitrogens with zero attached hydrogens (tertiary/aromatic N) is 3. The van der Waals surface area contributed by atoms with Crippen LogP contribution >= 0.6 is 0 Å². The Kier molecular flexibility index (Phi) is 4.25. The van der Waals surface area contributed by atoms with Gasteiger partial charge in [0.25, 0.3) is 0 Å². The van der Waals surface area contributed by atoms with Crippen molar-refractivity contribution in [3.63, 3.8) is 0 Å². The molecule has 1 amide bonds. The van der Waals surface area contributed by atoms with Gasteiger partial charge in [0.2, 0.25) is 0 Å². The Labute approximate surface area is 125 Å². The van der Waals surface area contributed by atoms with Crippen LogP contribution in [0.5, 0.6) is 5.75 Å². The Morgan fingerprint density at radius 3 is 2.62 bits per heavy atom. The zero-order valence-corrected chi connectivity index (χ0v) is 13.0. The smallest absolute Gasteiger partial charge is 0.410 e. The third kappa shape index (κ3) is 4.00. The van der Waals surface area contributed by atoms with Crippen LogP contribution in [0.25, 0.3) is 0 Å². The average Bonchev–Trinajstić information content (AvgIpc) is 2.37. The van der Waals surface area contributed by atoms with Crippen LogP contribution in [0.3, 0.4) is 0 Å². The number of pyridine rings is 1. The Bertz CT molecular complexity index is 496. The SMILES string of the molecule is CC1CN(c2ccc(O)cn2)CCN1C(=O)OC(C)(C)C. The van der Waals surface area contributed by atoms with Gasteiger partial charge in [0.15, 0.2) is 0 Å². The first kappa shape index (κ1) is 15.4. The maximum atomic E-state index is 12.1. The van der Waals surface area contributed by atoms with Gasteiger partial charge in [-0.25, -0.2) is 9.78 Å². The van der Waals surface area contributed by atoms with E-state index in [4.69, 9.17) is 4.74 Å². The number of hydrogen-bond donors (Lipinski definition) is 1. The number of ether oxygens (including phenoxy) is 1. The van der Waals surface area contributed by atoms with E-state index in [0.717, 1.165) is 5.82 Å². The summed E-state index contributed by atoms with van der Waals surface area (Å²) in [5.41, 5.74) is -0.480. The molecule has 116 valence electrons. The van der Waals surface area contributed by atoms with Gasteiger partial charge in [-0.3, -0.25) is 0 Å². The van der Waals surface area contributed by atoms with Crippen LogP contribution in [0.2, 0.25) is 0 Å². The summed E-state index contributed by atoms with van der Waals surface area (Å²) in [4.78, 5) is 20.2. The first-order chi connectivity index (χ1) is 9.76. The van der Waals surface area contributed by atoms with Crippen LogP contribution in [0.4, 0.5) is 10.6 Å².